The van der Waals surface area contributed by atoms with E-state index in [-0.39, 0.29) is 6.04 Å². The Balaban J connectivity index is 3.21. The predicted molar refractivity (Wildman–Crippen MR) is 31.6 cm³/mol. The molecule has 7 heavy (non-hydrogen) atoms. The smallest absolute Gasteiger partial charge is 0.0332 e. The molecule has 0 aliphatic heterocycles. The number of rotatable bonds is 2. The summed E-state index contributed by atoms with van der Waals surface area (Å²) in [5.41, 5.74) is 5.32. The molecule has 38 valence electrons. The summed E-state index contributed by atoms with van der Waals surface area (Å²) < 4.78 is 0. The summed E-state index contributed by atoms with van der Waals surface area (Å²) in [6.45, 7) is 3.46. The Morgan fingerprint density at radius 3 is 2.71 bits per heavy atom. The van der Waals surface area contributed by atoms with Gasteiger partial charge in [0.2, 0.25) is 0 Å². The molecule has 0 rings (SSSR count). The topological polar surface area (TPSA) is 26.0 Å². The lowest BCUT2D eigenvalue weighted by Crippen LogP contribution is -2.14. The zero-order chi connectivity index (χ0) is 5.70. The fourth-order valence-electron chi connectivity index (χ4n) is 0.219. The van der Waals surface area contributed by atoms with Crippen LogP contribution in [0.5, 0.6) is 0 Å². The fraction of sp³-hybridized carbons (Fsp3) is 0.333. The second kappa shape index (κ2) is 3.45. The molecule has 1 heteroatoms. The molecular formula is C6H9N. The summed E-state index contributed by atoms with van der Waals surface area (Å²) >= 11 is 0. The third kappa shape index (κ3) is 3.08. The highest BCUT2D eigenvalue weighted by Gasteiger charge is 1.87. The average molecular weight is 95.1 g/mol. The summed E-state index contributed by atoms with van der Waals surface area (Å²) in [4.78, 5) is 0. The molecular weight excluding hydrogens is 86.1 g/mol. The molecule has 1 unspecified atom stereocenters. The predicted octanol–water partition coefficient (Wildman–Crippen LogP) is 0.523. The highest BCUT2D eigenvalue weighted by atomic mass is 14.6. The van der Waals surface area contributed by atoms with Gasteiger partial charge >= 0.3 is 0 Å². The van der Waals surface area contributed by atoms with Crippen molar-refractivity contribution in [2.45, 2.75) is 12.5 Å². The maximum atomic E-state index is 5.32. The monoisotopic (exact) mass is 95.1 g/mol. The Bertz CT molecular complexity index is 88.8. The summed E-state index contributed by atoms with van der Waals surface area (Å²) in [6, 6.07) is -0.0231. The lowest BCUT2D eigenvalue weighted by atomic mass is 10.2. The van der Waals surface area contributed by atoms with Gasteiger partial charge in [-0.05, 0) is 0 Å². The molecule has 0 aromatic heterocycles. The van der Waals surface area contributed by atoms with Crippen molar-refractivity contribution in [2.24, 2.45) is 5.73 Å². The van der Waals surface area contributed by atoms with E-state index in [1.165, 1.54) is 0 Å². The van der Waals surface area contributed by atoms with Crippen LogP contribution < -0.4 is 5.73 Å². The van der Waals surface area contributed by atoms with Crippen molar-refractivity contribution >= 4 is 0 Å². The zero-order valence-electron chi connectivity index (χ0n) is 4.22. The quantitative estimate of drug-likeness (QED) is 0.393. The molecule has 0 aromatic rings. The molecule has 1 atom stereocenters. The van der Waals surface area contributed by atoms with Gasteiger partial charge in [0.15, 0.2) is 0 Å². The molecule has 0 heterocycles. The van der Waals surface area contributed by atoms with Gasteiger partial charge in [0, 0.05) is 12.5 Å². The molecule has 0 aromatic carbocycles. The molecule has 0 saturated carbocycles. The van der Waals surface area contributed by atoms with E-state index in [0.29, 0.717) is 6.42 Å². The van der Waals surface area contributed by atoms with Gasteiger partial charge in [-0.2, -0.15) is 0 Å². The first-order valence-corrected chi connectivity index (χ1v) is 2.13. The molecule has 1 nitrogen and oxygen atoms in total. The number of hydrogen-bond acceptors (Lipinski definition) is 1. The van der Waals surface area contributed by atoms with Crippen molar-refractivity contribution in [2.75, 3.05) is 0 Å². The van der Waals surface area contributed by atoms with Gasteiger partial charge in [0.1, 0.15) is 0 Å². The number of terminal acetylenes is 1. The first-order chi connectivity index (χ1) is 3.31. The minimum Gasteiger partial charge on any atom is -0.324 e. The fourth-order valence-corrected chi connectivity index (χ4v) is 0.219. The second-order valence-electron chi connectivity index (χ2n) is 1.31. The van der Waals surface area contributed by atoms with Gasteiger partial charge < -0.3 is 5.73 Å². The molecule has 2 N–H and O–H groups in total. The van der Waals surface area contributed by atoms with Crippen LogP contribution in [0.1, 0.15) is 6.42 Å². The molecule has 0 radical (unpaired) electrons. The Morgan fingerprint density at radius 2 is 2.57 bits per heavy atom. The normalized spacial score (nSPS) is 12.0. The lowest BCUT2D eigenvalue weighted by Gasteiger charge is -1.94. The van der Waals surface area contributed by atoms with Crippen molar-refractivity contribution < 1.29 is 0 Å². The Morgan fingerprint density at radius 1 is 2.00 bits per heavy atom. The van der Waals surface area contributed by atoms with Crippen LogP contribution in [0.4, 0.5) is 0 Å². The Labute approximate surface area is 44.2 Å². The van der Waals surface area contributed by atoms with Crippen molar-refractivity contribution in [1.82, 2.24) is 0 Å². The summed E-state index contributed by atoms with van der Waals surface area (Å²) in [5, 5.41) is 0. The largest absolute Gasteiger partial charge is 0.324 e. The third-order valence-electron chi connectivity index (χ3n) is 0.656. The van der Waals surface area contributed by atoms with Crippen LogP contribution in [0.25, 0.3) is 0 Å². The molecule has 0 saturated heterocycles. The zero-order valence-corrected chi connectivity index (χ0v) is 4.22. The Hall–Kier alpha value is -0.740. The van der Waals surface area contributed by atoms with Crippen molar-refractivity contribution in [1.29, 1.82) is 0 Å². The summed E-state index contributed by atoms with van der Waals surface area (Å²) in [5.74, 6) is 2.42. The van der Waals surface area contributed by atoms with E-state index < -0.39 is 0 Å². The molecule has 0 aliphatic rings. The average Bonchev–Trinajstić information content (AvgIpc) is 1.68. The summed E-state index contributed by atoms with van der Waals surface area (Å²) in [6.07, 6.45) is 7.15. The van der Waals surface area contributed by atoms with Gasteiger partial charge in [-0.1, -0.05) is 6.08 Å². The minimum atomic E-state index is -0.0231. The highest BCUT2D eigenvalue weighted by molar-refractivity contribution is 4.95. The van der Waals surface area contributed by atoms with Crippen molar-refractivity contribution in [3.8, 4) is 12.3 Å². The van der Waals surface area contributed by atoms with Crippen LogP contribution in [0, 0.1) is 12.3 Å². The maximum Gasteiger partial charge on any atom is 0.0332 e. The molecule has 0 spiro atoms. The first-order valence-electron chi connectivity index (χ1n) is 2.13. The van der Waals surface area contributed by atoms with Crippen LogP contribution in [-0.4, -0.2) is 6.04 Å². The van der Waals surface area contributed by atoms with Crippen LogP contribution in [0.2, 0.25) is 0 Å². The van der Waals surface area contributed by atoms with E-state index in [0.717, 1.165) is 0 Å². The van der Waals surface area contributed by atoms with E-state index in [2.05, 4.69) is 12.5 Å². The molecule has 0 fully saturated rings. The van der Waals surface area contributed by atoms with Gasteiger partial charge in [0.05, 0.1) is 0 Å². The Kier molecular flexibility index (Phi) is 3.09. The van der Waals surface area contributed by atoms with Gasteiger partial charge in [-0.3, -0.25) is 0 Å². The van der Waals surface area contributed by atoms with Crippen LogP contribution in [0.15, 0.2) is 12.7 Å². The van der Waals surface area contributed by atoms with Crippen molar-refractivity contribution in [3.63, 3.8) is 0 Å². The van der Waals surface area contributed by atoms with Gasteiger partial charge in [-0.25, -0.2) is 0 Å². The molecule has 0 amide bonds. The minimum absolute atomic E-state index is 0.0231. The first kappa shape index (κ1) is 6.26. The number of nitrogens with two attached hydrogens (primary N) is 1. The molecule has 0 bridgehead atoms. The van der Waals surface area contributed by atoms with E-state index in [1.807, 2.05) is 0 Å². The highest BCUT2D eigenvalue weighted by Crippen LogP contribution is 1.82. The lowest BCUT2D eigenvalue weighted by molar-refractivity contribution is 0.854. The SMILES string of the molecule is C#CCC(N)C=C. The van der Waals surface area contributed by atoms with E-state index >= 15 is 0 Å². The summed E-state index contributed by atoms with van der Waals surface area (Å²) in [7, 11) is 0. The van der Waals surface area contributed by atoms with E-state index in [1.54, 1.807) is 6.08 Å². The third-order valence-corrected chi connectivity index (χ3v) is 0.656. The van der Waals surface area contributed by atoms with Crippen LogP contribution in [0.3, 0.4) is 0 Å². The maximum absolute atomic E-state index is 5.32. The van der Waals surface area contributed by atoms with Crippen molar-refractivity contribution in [3.05, 3.63) is 12.7 Å². The number of hydrogen-bond donors (Lipinski definition) is 1. The van der Waals surface area contributed by atoms with E-state index in [9.17, 15) is 0 Å². The molecule has 0 aliphatic carbocycles. The van der Waals surface area contributed by atoms with Crippen LogP contribution in [-0.2, 0) is 0 Å². The van der Waals surface area contributed by atoms with Gasteiger partial charge in [0.25, 0.3) is 0 Å². The second-order valence-corrected chi connectivity index (χ2v) is 1.31. The van der Waals surface area contributed by atoms with Gasteiger partial charge in [-0.15, -0.1) is 18.9 Å². The standard InChI is InChI=1S/C6H9N/c1-3-5-6(7)4-2/h1,4,6H,2,5,7H2. The van der Waals surface area contributed by atoms with Crippen LogP contribution >= 0.6 is 0 Å². The van der Waals surface area contributed by atoms with E-state index in [4.69, 9.17) is 12.2 Å².